The van der Waals surface area contributed by atoms with Crippen LogP contribution in [0.3, 0.4) is 0 Å². The standard InChI is InChI=1S/C18H25ClN2O4/c1-3-4-9-25-15-6-5-13(10-14(15)19)11-20-17(24)21-8-7-18(2,12-21)16(22)23/h5-6,10H,3-4,7-9,11-12H2,1-2H3,(H,20,24)(H,22,23). The van der Waals surface area contributed by atoms with Crippen LogP contribution in [0.25, 0.3) is 0 Å². The van der Waals surface area contributed by atoms with Gasteiger partial charge in [-0.2, -0.15) is 0 Å². The topological polar surface area (TPSA) is 78.9 Å². The van der Waals surface area contributed by atoms with E-state index in [2.05, 4.69) is 12.2 Å². The molecule has 0 spiro atoms. The van der Waals surface area contributed by atoms with E-state index in [1.165, 1.54) is 4.90 Å². The number of nitrogens with one attached hydrogen (secondary N) is 1. The summed E-state index contributed by atoms with van der Waals surface area (Å²) in [5.74, 6) is -0.227. The van der Waals surface area contributed by atoms with Crippen LogP contribution in [0.2, 0.25) is 5.02 Å². The molecule has 1 aromatic rings. The summed E-state index contributed by atoms with van der Waals surface area (Å²) in [5.41, 5.74) is -0.000578. The Labute approximate surface area is 153 Å². The number of halogens is 1. The molecule has 1 aromatic carbocycles. The van der Waals surface area contributed by atoms with Gasteiger partial charge < -0.3 is 20.1 Å². The number of aliphatic carboxylic acids is 1. The Hall–Kier alpha value is -1.95. The van der Waals surface area contributed by atoms with E-state index < -0.39 is 11.4 Å². The summed E-state index contributed by atoms with van der Waals surface area (Å²) in [6, 6.07) is 5.17. The smallest absolute Gasteiger partial charge is 0.317 e. The summed E-state index contributed by atoms with van der Waals surface area (Å²) in [4.78, 5) is 25.0. The molecule has 25 heavy (non-hydrogen) atoms. The van der Waals surface area contributed by atoms with Gasteiger partial charge in [-0.15, -0.1) is 0 Å². The number of benzene rings is 1. The maximum absolute atomic E-state index is 12.2. The Balaban J connectivity index is 1.86. The van der Waals surface area contributed by atoms with Crippen LogP contribution in [-0.2, 0) is 11.3 Å². The van der Waals surface area contributed by atoms with Crippen molar-refractivity contribution in [2.45, 2.75) is 39.7 Å². The van der Waals surface area contributed by atoms with Crippen LogP contribution < -0.4 is 10.1 Å². The zero-order chi connectivity index (χ0) is 18.4. The van der Waals surface area contributed by atoms with Crippen molar-refractivity contribution in [1.29, 1.82) is 0 Å². The van der Waals surface area contributed by atoms with Gasteiger partial charge in [-0.3, -0.25) is 4.79 Å². The molecule has 2 amide bonds. The predicted octanol–water partition coefficient (Wildman–Crippen LogP) is 3.53. The van der Waals surface area contributed by atoms with E-state index in [4.69, 9.17) is 16.3 Å². The van der Waals surface area contributed by atoms with E-state index in [9.17, 15) is 14.7 Å². The van der Waals surface area contributed by atoms with Crippen molar-refractivity contribution >= 4 is 23.6 Å². The van der Waals surface area contributed by atoms with E-state index in [1.54, 1.807) is 19.1 Å². The van der Waals surface area contributed by atoms with Gasteiger partial charge in [-0.1, -0.05) is 31.0 Å². The average Bonchev–Trinajstić information content (AvgIpc) is 2.98. The van der Waals surface area contributed by atoms with E-state index >= 15 is 0 Å². The monoisotopic (exact) mass is 368 g/mol. The lowest BCUT2D eigenvalue weighted by Crippen LogP contribution is -2.40. The molecule has 0 saturated carbocycles. The lowest BCUT2D eigenvalue weighted by atomic mass is 9.90. The minimum absolute atomic E-state index is 0.221. The number of likely N-dealkylation sites (tertiary alicyclic amines) is 1. The van der Waals surface area contributed by atoms with Crippen LogP contribution >= 0.6 is 11.6 Å². The van der Waals surface area contributed by atoms with Gasteiger partial charge in [0.15, 0.2) is 0 Å². The third-order valence-electron chi connectivity index (χ3n) is 4.47. The summed E-state index contributed by atoms with van der Waals surface area (Å²) < 4.78 is 5.60. The Kier molecular flexibility index (Phi) is 6.53. The van der Waals surface area contributed by atoms with Crippen LogP contribution in [-0.4, -0.2) is 41.7 Å². The number of urea groups is 1. The van der Waals surface area contributed by atoms with Gasteiger partial charge in [0.2, 0.25) is 0 Å². The quantitative estimate of drug-likeness (QED) is 0.721. The molecule has 2 N–H and O–H groups in total. The first-order chi connectivity index (χ1) is 11.9. The third-order valence-corrected chi connectivity index (χ3v) is 4.77. The van der Waals surface area contributed by atoms with Crippen LogP contribution in [0, 0.1) is 5.41 Å². The molecule has 1 saturated heterocycles. The molecule has 138 valence electrons. The number of amides is 2. The highest BCUT2D eigenvalue weighted by Gasteiger charge is 2.42. The predicted molar refractivity (Wildman–Crippen MR) is 96.0 cm³/mol. The SMILES string of the molecule is CCCCOc1ccc(CNC(=O)N2CCC(C)(C(=O)O)C2)cc1Cl. The minimum Gasteiger partial charge on any atom is -0.492 e. The van der Waals surface area contributed by atoms with Crippen LogP contribution in [0.5, 0.6) is 5.75 Å². The summed E-state index contributed by atoms with van der Waals surface area (Å²) in [6.07, 6.45) is 2.49. The highest BCUT2D eigenvalue weighted by atomic mass is 35.5. The van der Waals surface area contributed by atoms with Crippen LogP contribution in [0.15, 0.2) is 18.2 Å². The largest absolute Gasteiger partial charge is 0.492 e. The fraction of sp³-hybridized carbons (Fsp3) is 0.556. The normalized spacial score (nSPS) is 19.7. The minimum atomic E-state index is -0.867. The number of carboxylic acids is 1. The second kappa shape index (κ2) is 8.43. The van der Waals surface area contributed by atoms with Crippen molar-refractivity contribution in [3.63, 3.8) is 0 Å². The van der Waals surface area contributed by atoms with Crippen molar-refractivity contribution in [3.8, 4) is 5.75 Å². The van der Waals surface area contributed by atoms with Crippen molar-refractivity contribution in [1.82, 2.24) is 10.2 Å². The molecule has 2 rings (SSSR count). The number of rotatable bonds is 7. The molecule has 6 nitrogen and oxygen atoms in total. The summed E-state index contributed by atoms with van der Waals surface area (Å²) in [6.45, 7) is 5.38. The van der Waals surface area contributed by atoms with Crippen molar-refractivity contribution in [2.24, 2.45) is 5.41 Å². The number of hydrogen-bond donors (Lipinski definition) is 2. The molecule has 7 heteroatoms. The molecule has 1 heterocycles. The Bertz CT molecular complexity index is 638. The Morgan fingerprint density at radius 2 is 2.20 bits per heavy atom. The number of unbranched alkanes of at least 4 members (excludes halogenated alkanes) is 1. The molecule has 0 radical (unpaired) electrons. The molecule has 0 aromatic heterocycles. The molecular formula is C18H25ClN2O4. The zero-order valence-electron chi connectivity index (χ0n) is 14.7. The van der Waals surface area contributed by atoms with Gasteiger partial charge in [-0.05, 0) is 37.5 Å². The van der Waals surface area contributed by atoms with Gasteiger partial charge in [0.25, 0.3) is 0 Å². The number of carbonyl (C=O) groups is 2. The Morgan fingerprint density at radius 1 is 1.44 bits per heavy atom. The number of carboxylic acid groups (broad SMARTS) is 1. The molecule has 1 fully saturated rings. The number of hydrogen-bond acceptors (Lipinski definition) is 3. The second-order valence-corrected chi connectivity index (χ2v) is 7.07. The number of nitrogens with zero attached hydrogens (tertiary/aromatic N) is 1. The van der Waals surface area contributed by atoms with E-state index in [1.807, 2.05) is 6.07 Å². The molecule has 0 bridgehead atoms. The molecule has 1 atom stereocenters. The lowest BCUT2D eigenvalue weighted by Gasteiger charge is -2.20. The van der Waals surface area contributed by atoms with E-state index in [-0.39, 0.29) is 12.6 Å². The van der Waals surface area contributed by atoms with Gasteiger partial charge >= 0.3 is 12.0 Å². The van der Waals surface area contributed by atoms with E-state index in [0.717, 1.165) is 18.4 Å². The van der Waals surface area contributed by atoms with Gasteiger partial charge in [0.05, 0.1) is 17.0 Å². The third kappa shape index (κ3) is 5.01. The number of ether oxygens (including phenoxy) is 1. The highest BCUT2D eigenvalue weighted by molar-refractivity contribution is 6.32. The molecule has 1 aliphatic rings. The molecule has 0 aliphatic carbocycles. The van der Waals surface area contributed by atoms with Gasteiger partial charge in [-0.25, -0.2) is 4.79 Å². The second-order valence-electron chi connectivity index (χ2n) is 6.66. The lowest BCUT2D eigenvalue weighted by molar-refractivity contribution is -0.147. The van der Waals surface area contributed by atoms with Crippen LogP contribution in [0.4, 0.5) is 4.79 Å². The van der Waals surface area contributed by atoms with Crippen molar-refractivity contribution < 1.29 is 19.4 Å². The summed E-state index contributed by atoms with van der Waals surface area (Å²) >= 11 is 6.21. The van der Waals surface area contributed by atoms with Gasteiger partial charge in [0.1, 0.15) is 5.75 Å². The average molecular weight is 369 g/mol. The fourth-order valence-electron chi connectivity index (χ4n) is 2.70. The van der Waals surface area contributed by atoms with Gasteiger partial charge in [0, 0.05) is 19.6 Å². The van der Waals surface area contributed by atoms with Crippen molar-refractivity contribution in [2.75, 3.05) is 19.7 Å². The summed E-state index contributed by atoms with van der Waals surface area (Å²) in [5, 5.41) is 12.6. The first kappa shape index (κ1) is 19.4. The zero-order valence-corrected chi connectivity index (χ0v) is 15.4. The molecular weight excluding hydrogens is 344 g/mol. The maximum atomic E-state index is 12.2. The number of carbonyl (C=O) groups excluding carboxylic acids is 1. The fourth-order valence-corrected chi connectivity index (χ4v) is 2.95. The first-order valence-corrected chi connectivity index (χ1v) is 8.91. The molecule has 1 unspecified atom stereocenters. The maximum Gasteiger partial charge on any atom is 0.317 e. The Morgan fingerprint density at radius 3 is 2.80 bits per heavy atom. The first-order valence-electron chi connectivity index (χ1n) is 8.53. The van der Waals surface area contributed by atoms with Crippen LogP contribution in [0.1, 0.15) is 38.7 Å². The molecule has 1 aliphatic heterocycles. The van der Waals surface area contributed by atoms with Crippen molar-refractivity contribution in [3.05, 3.63) is 28.8 Å². The van der Waals surface area contributed by atoms with E-state index in [0.29, 0.717) is 36.9 Å². The highest BCUT2D eigenvalue weighted by Crippen LogP contribution is 2.30. The summed E-state index contributed by atoms with van der Waals surface area (Å²) in [7, 11) is 0.